The van der Waals surface area contributed by atoms with Crippen molar-refractivity contribution in [1.29, 1.82) is 0 Å². The van der Waals surface area contributed by atoms with Gasteiger partial charge in [-0.1, -0.05) is 6.07 Å². The molecule has 0 fully saturated rings. The van der Waals surface area contributed by atoms with E-state index < -0.39 is 0 Å². The van der Waals surface area contributed by atoms with Crippen LogP contribution in [-0.2, 0) is 0 Å². The molecule has 0 aliphatic carbocycles. The molecule has 1 aromatic heterocycles. The molecular weight excluding hydrogens is 178 g/mol. The number of rotatable bonds is 1. The number of nitrogens with two attached hydrogens (primary N) is 2. The number of aliphatic imine (C=N–C) groups is 1. The molecule has 4 N–H and O–H groups in total. The Kier molecular flexibility index (Phi) is 2.06. The first-order chi connectivity index (χ1) is 6.77. The molecule has 0 saturated heterocycles. The Labute approximate surface area is 81.8 Å². The number of anilines is 1. The lowest BCUT2D eigenvalue weighted by Gasteiger charge is -2.24. The van der Waals surface area contributed by atoms with Crippen molar-refractivity contribution >= 4 is 11.7 Å². The molecule has 1 aliphatic heterocycles. The third kappa shape index (κ3) is 1.52. The zero-order valence-corrected chi connectivity index (χ0v) is 7.51. The highest BCUT2D eigenvalue weighted by Gasteiger charge is 2.15. The fourth-order valence-corrected chi connectivity index (χ4v) is 1.19. The van der Waals surface area contributed by atoms with E-state index in [0.29, 0.717) is 18.2 Å². The van der Waals surface area contributed by atoms with Crippen LogP contribution in [0, 0.1) is 6.20 Å². The summed E-state index contributed by atoms with van der Waals surface area (Å²) >= 11 is 0. The van der Waals surface area contributed by atoms with Crippen LogP contribution in [-0.4, -0.2) is 17.4 Å². The van der Waals surface area contributed by atoms with Crippen molar-refractivity contribution in [3.05, 3.63) is 36.4 Å². The first kappa shape index (κ1) is 8.55. The minimum Gasteiger partial charge on any atom is -0.386 e. The SMILES string of the molecule is NC1=[C]N=C(N)CN1c1ccccn1. The van der Waals surface area contributed by atoms with Gasteiger partial charge in [-0.2, -0.15) is 0 Å². The van der Waals surface area contributed by atoms with E-state index >= 15 is 0 Å². The maximum Gasteiger partial charge on any atom is 0.135 e. The Bertz CT molecular complexity index is 381. The van der Waals surface area contributed by atoms with Gasteiger partial charge in [-0.05, 0) is 12.1 Å². The van der Waals surface area contributed by atoms with Crippen LogP contribution in [0.4, 0.5) is 5.82 Å². The summed E-state index contributed by atoms with van der Waals surface area (Å²) in [5.74, 6) is 1.65. The van der Waals surface area contributed by atoms with E-state index in [9.17, 15) is 0 Å². The summed E-state index contributed by atoms with van der Waals surface area (Å²) < 4.78 is 0. The van der Waals surface area contributed by atoms with Crippen molar-refractivity contribution in [2.24, 2.45) is 16.5 Å². The second-order valence-electron chi connectivity index (χ2n) is 2.87. The maximum atomic E-state index is 5.70. The Morgan fingerprint density at radius 2 is 2.21 bits per heavy atom. The van der Waals surface area contributed by atoms with Crippen LogP contribution in [0.2, 0.25) is 0 Å². The molecule has 0 saturated carbocycles. The van der Waals surface area contributed by atoms with Crippen LogP contribution in [0.5, 0.6) is 0 Å². The van der Waals surface area contributed by atoms with Gasteiger partial charge in [-0.3, -0.25) is 0 Å². The van der Waals surface area contributed by atoms with E-state index in [1.807, 2.05) is 18.2 Å². The van der Waals surface area contributed by atoms with Gasteiger partial charge in [0.1, 0.15) is 23.7 Å². The molecule has 1 aliphatic rings. The molecule has 1 radical (unpaired) electrons. The molecular formula is C9H10N5. The minimum absolute atomic E-state index is 0.429. The van der Waals surface area contributed by atoms with Crippen molar-refractivity contribution < 1.29 is 0 Å². The average molecular weight is 188 g/mol. The highest BCUT2D eigenvalue weighted by Crippen LogP contribution is 2.14. The molecule has 5 heteroatoms. The molecule has 1 aromatic rings. The largest absolute Gasteiger partial charge is 0.386 e. The molecule has 14 heavy (non-hydrogen) atoms. The van der Waals surface area contributed by atoms with E-state index in [-0.39, 0.29) is 0 Å². The van der Waals surface area contributed by atoms with Crippen LogP contribution >= 0.6 is 0 Å². The van der Waals surface area contributed by atoms with Crippen molar-refractivity contribution in [3.63, 3.8) is 0 Å². The van der Waals surface area contributed by atoms with Gasteiger partial charge in [0.05, 0.1) is 6.54 Å². The Morgan fingerprint density at radius 1 is 1.36 bits per heavy atom. The normalized spacial score (nSPS) is 16.1. The minimum atomic E-state index is 0.429. The fraction of sp³-hybridized carbons (Fsp3) is 0.111. The molecule has 0 amide bonds. The second-order valence-corrected chi connectivity index (χ2v) is 2.87. The summed E-state index contributed by atoms with van der Waals surface area (Å²) in [5.41, 5.74) is 11.3. The summed E-state index contributed by atoms with van der Waals surface area (Å²) in [6, 6.07) is 5.58. The molecule has 0 spiro atoms. The van der Waals surface area contributed by atoms with E-state index in [1.165, 1.54) is 0 Å². The van der Waals surface area contributed by atoms with Crippen LogP contribution in [0.15, 0.2) is 35.2 Å². The quantitative estimate of drug-likeness (QED) is 0.640. The van der Waals surface area contributed by atoms with Crippen LogP contribution in [0.25, 0.3) is 0 Å². The summed E-state index contributed by atoms with van der Waals surface area (Å²) in [6.07, 6.45) is 4.32. The lowest BCUT2D eigenvalue weighted by atomic mass is 10.3. The first-order valence-corrected chi connectivity index (χ1v) is 4.16. The molecule has 0 bridgehead atoms. The average Bonchev–Trinajstić information content (AvgIpc) is 2.23. The standard InChI is InChI=1S/C9H10N5/c10-7-6-14(8(11)5-13-7)9-3-1-2-4-12-9/h1-4H,6,11H2,(H2,10,13). The molecule has 0 atom stereocenters. The van der Waals surface area contributed by atoms with Gasteiger partial charge >= 0.3 is 0 Å². The molecule has 71 valence electrons. The first-order valence-electron chi connectivity index (χ1n) is 4.16. The predicted octanol–water partition coefficient (Wildman–Crippen LogP) is -0.180. The van der Waals surface area contributed by atoms with Crippen LogP contribution in [0.3, 0.4) is 0 Å². The number of hydrogen-bond acceptors (Lipinski definition) is 5. The monoisotopic (exact) mass is 188 g/mol. The fourth-order valence-electron chi connectivity index (χ4n) is 1.19. The summed E-state index contributed by atoms with van der Waals surface area (Å²) in [5, 5.41) is 0. The number of amidine groups is 1. The third-order valence-electron chi connectivity index (χ3n) is 1.85. The van der Waals surface area contributed by atoms with Crippen molar-refractivity contribution in [1.82, 2.24) is 4.98 Å². The van der Waals surface area contributed by atoms with Gasteiger partial charge in [-0.25, -0.2) is 9.98 Å². The van der Waals surface area contributed by atoms with Crippen molar-refractivity contribution in [2.75, 3.05) is 11.4 Å². The lowest BCUT2D eigenvalue weighted by molar-refractivity contribution is 0.933. The highest BCUT2D eigenvalue weighted by molar-refractivity contribution is 5.87. The van der Waals surface area contributed by atoms with Gasteiger partial charge in [-0.15, -0.1) is 0 Å². The number of hydrogen-bond donors (Lipinski definition) is 2. The smallest absolute Gasteiger partial charge is 0.135 e. The van der Waals surface area contributed by atoms with Gasteiger partial charge in [0, 0.05) is 6.20 Å². The number of pyridine rings is 1. The number of aromatic nitrogens is 1. The Morgan fingerprint density at radius 3 is 2.93 bits per heavy atom. The zero-order chi connectivity index (χ0) is 9.97. The Balaban J connectivity index is 2.30. The molecule has 2 rings (SSSR count). The van der Waals surface area contributed by atoms with Gasteiger partial charge in [0.2, 0.25) is 0 Å². The topological polar surface area (TPSA) is 80.5 Å². The van der Waals surface area contributed by atoms with Crippen LogP contribution in [0.1, 0.15) is 0 Å². The van der Waals surface area contributed by atoms with E-state index in [0.717, 1.165) is 5.82 Å². The molecule has 5 nitrogen and oxygen atoms in total. The van der Waals surface area contributed by atoms with Crippen molar-refractivity contribution in [3.8, 4) is 0 Å². The van der Waals surface area contributed by atoms with Gasteiger partial charge in [0.25, 0.3) is 0 Å². The molecule has 0 unspecified atom stereocenters. The zero-order valence-electron chi connectivity index (χ0n) is 7.51. The van der Waals surface area contributed by atoms with Gasteiger partial charge < -0.3 is 16.4 Å². The van der Waals surface area contributed by atoms with Crippen molar-refractivity contribution in [2.45, 2.75) is 0 Å². The number of nitrogens with zero attached hydrogens (tertiary/aromatic N) is 3. The second kappa shape index (κ2) is 3.37. The summed E-state index contributed by atoms with van der Waals surface area (Å²) in [7, 11) is 0. The van der Waals surface area contributed by atoms with Gasteiger partial charge in [0.15, 0.2) is 0 Å². The van der Waals surface area contributed by atoms with Crippen LogP contribution < -0.4 is 16.4 Å². The third-order valence-corrected chi connectivity index (χ3v) is 1.85. The highest BCUT2D eigenvalue weighted by atomic mass is 15.3. The van der Waals surface area contributed by atoms with E-state index in [4.69, 9.17) is 11.5 Å². The molecule has 0 aromatic carbocycles. The maximum absolute atomic E-state index is 5.70. The van der Waals surface area contributed by atoms with E-state index in [2.05, 4.69) is 16.2 Å². The molecule has 2 heterocycles. The predicted molar refractivity (Wildman–Crippen MR) is 54.1 cm³/mol. The Hall–Kier alpha value is -2.04. The summed E-state index contributed by atoms with van der Waals surface area (Å²) in [4.78, 5) is 9.71. The van der Waals surface area contributed by atoms with E-state index in [1.54, 1.807) is 11.1 Å². The summed E-state index contributed by atoms with van der Waals surface area (Å²) in [6.45, 7) is 0.454. The lowest BCUT2D eigenvalue weighted by Crippen LogP contribution is -2.39.